The van der Waals surface area contributed by atoms with Crippen LogP contribution in [-0.4, -0.2) is 61.9 Å². The van der Waals surface area contributed by atoms with Crippen LogP contribution in [0.4, 0.5) is 15.8 Å². The van der Waals surface area contributed by atoms with Crippen LogP contribution in [0, 0.1) is 24.1 Å². The molecule has 0 radical (unpaired) electrons. The maximum Gasteiger partial charge on any atom is 0.257 e. The molecule has 1 saturated heterocycles. The molecule has 184 valence electrons. The highest BCUT2D eigenvalue weighted by Gasteiger charge is 2.30. The fourth-order valence-electron chi connectivity index (χ4n) is 5.10. The van der Waals surface area contributed by atoms with E-state index in [-0.39, 0.29) is 17.7 Å². The van der Waals surface area contributed by atoms with E-state index < -0.39 is 11.7 Å². The summed E-state index contributed by atoms with van der Waals surface area (Å²) in [6.07, 6.45) is 7.02. The van der Waals surface area contributed by atoms with Crippen LogP contribution in [0.1, 0.15) is 36.3 Å². The molecular weight excluding hydrogens is 459 g/mol. The second-order valence-electron chi connectivity index (χ2n) is 9.28. The fraction of sp³-hybridized carbons (Fsp3) is 0.346. The molecule has 5 rings (SSSR count). The largest absolute Gasteiger partial charge is 0.367 e. The summed E-state index contributed by atoms with van der Waals surface area (Å²) in [5, 5.41) is 11.8. The third-order valence-corrected chi connectivity index (χ3v) is 6.66. The zero-order chi connectivity index (χ0) is 25.4. The minimum absolute atomic E-state index is 0.211. The lowest BCUT2D eigenvalue weighted by molar-refractivity contribution is 0.102. The van der Waals surface area contributed by atoms with Gasteiger partial charge in [-0.25, -0.2) is 9.37 Å². The van der Waals surface area contributed by atoms with Crippen molar-refractivity contribution in [3.05, 3.63) is 60.1 Å². The first-order chi connectivity index (χ1) is 17.4. The minimum Gasteiger partial charge on any atom is -0.367 e. The Kier molecular flexibility index (Phi) is 6.24. The van der Waals surface area contributed by atoms with E-state index in [0.717, 1.165) is 25.3 Å². The van der Waals surface area contributed by atoms with Crippen molar-refractivity contribution in [3.8, 4) is 6.07 Å². The second kappa shape index (κ2) is 9.51. The number of carbonyl (C=O) groups excluding carboxylic acids is 1. The molecule has 1 fully saturated rings. The number of nitrogens with zero attached hydrogens (tertiary/aromatic N) is 7. The number of anilines is 2. The van der Waals surface area contributed by atoms with Gasteiger partial charge in [-0.1, -0.05) is 0 Å². The third kappa shape index (κ3) is 4.33. The monoisotopic (exact) mass is 486 g/mol. The molecule has 4 aromatic rings. The number of nitrogens with one attached hydrogen (secondary N) is 1. The molecule has 9 nitrogen and oxygen atoms in total. The lowest BCUT2D eigenvalue weighted by Gasteiger charge is -2.45. The maximum absolute atomic E-state index is 14.5. The van der Waals surface area contributed by atoms with Gasteiger partial charge in [-0.3, -0.25) is 19.7 Å². The number of pyridine rings is 1. The predicted octanol–water partition coefficient (Wildman–Crippen LogP) is 3.79. The SMILES string of the molecule is Cc1cn2cc(NC(=O)c3ccc(N4C[C@@H](C)N(CCC#N)[C@@H](C)C4)c4nccnc34)cc(F)c2n1. The Morgan fingerprint density at radius 3 is 2.61 bits per heavy atom. The van der Waals surface area contributed by atoms with Gasteiger partial charge in [-0.2, -0.15) is 5.26 Å². The molecule has 1 aliphatic rings. The number of hydrogen-bond donors (Lipinski definition) is 1. The molecule has 4 heterocycles. The zero-order valence-corrected chi connectivity index (χ0v) is 20.4. The molecule has 2 atom stereocenters. The number of aromatic nitrogens is 4. The summed E-state index contributed by atoms with van der Waals surface area (Å²) in [6, 6.07) is 7.66. The van der Waals surface area contributed by atoms with Crippen LogP contribution in [0.25, 0.3) is 16.7 Å². The lowest BCUT2D eigenvalue weighted by atomic mass is 10.0. The number of piperazine rings is 1. The van der Waals surface area contributed by atoms with E-state index >= 15 is 0 Å². The highest BCUT2D eigenvalue weighted by molar-refractivity contribution is 6.13. The zero-order valence-electron chi connectivity index (χ0n) is 20.4. The van der Waals surface area contributed by atoms with Gasteiger partial charge in [0.15, 0.2) is 11.5 Å². The smallest absolute Gasteiger partial charge is 0.257 e. The van der Waals surface area contributed by atoms with Crippen molar-refractivity contribution in [1.29, 1.82) is 5.26 Å². The number of rotatable bonds is 5. The van der Waals surface area contributed by atoms with Gasteiger partial charge in [-0.15, -0.1) is 0 Å². The number of benzene rings is 1. The van der Waals surface area contributed by atoms with Gasteiger partial charge in [0, 0.05) is 69.0 Å². The van der Waals surface area contributed by atoms with Gasteiger partial charge < -0.3 is 14.6 Å². The summed E-state index contributed by atoms with van der Waals surface area (Å²) in [5.41, 5.74) is 3.61. The van der Waals surface area contributed by atoms with Gasteiger partial charge in [0.2, 0.25) is 0 Å². The Labute approximate surface area is 208 Å². The molecule has 1 aliphatic heterocycles. The van der Waals surface area contributed by atoms with Gasteiger partial charge in [0.05, 0.1) is 28.7 Å². The lowest BCUT2D eigenvalue weighted by Crippen LogP contribution is -2.57. The standard InChI is InChI=1S/C26H27FN8O/c1-16-12-34-15-19(11-21(27)25(34)31-16)32-26(36)20-5-6-22(24-23(20)29-8-9-30-24)33-13-17(2)35(10-4-7-28)18(3)14-33/h5-6,8-9,11-12,15,17-18H,4,10,13-14H2,1-3H3,(H,32,36)/t17-,18+. The molecule has 3 aromatic heterocycles. The van der Waals surface area contributed by atoms with E-state index in [1.807, 2.05) is 6.07 Å². The summed E-state index contributed by atoms with van der Waals surface area (Å²) < 4.78 is 16.1. The normalized spacial score (nSPS) is 18.5. The molecule has 1 amide bonds. The van der Waals surface area contributed by atoms with E-state index in [9.17, 15) is 9.18 Å². The molecule has 0 unspecified atom stereocenters. The predicted molar refractivity (Wildman–Crippen MR) is 135 cm³/mol. The van der Waals surface area contributed by atoms with E-state index in [4.69, 9.17) is 5.26 Å². The summed E-state index contributed by atoms with van der Waals surface area (Å²) in [4.78, 5) is 31.1. The molecule has 1 N–H and O–H groups in total. The number of hydrogen-bond acceptors (Lipinski definition) is 7. The van der Waals surface area contributed by atoms with Crippen LogP contribution in [0.5, 0.6) is 0 Å². The van der Waals surface area contributed by atoms with Crippen LogP contribution < -0.4 is 10.2 Å². The number of aryl methyl sites for hydroxylation is 1. The van der Waals surface area contributed by atoms with Crippen LogP contribution >= 0.6 is 0 Å². The first kappa shape index (κ1) is 23.6. The quantitative estimate of drug-likeness (QED) is 0.458. The number of nitriles is 1. The Bertz CT molecular complexity index is 1480. The van der Waals surface area contributed by atoms with Gasteiger partial charge in [-0.05, 0) is 32.9 Å². The molecule has 10 heteroatoms. The van der Waals surface area contributed by atoms with Crippen molar-refractivity contribution >= 4 is 34.0 Å². The topological polar surface area (TPSA) is 102 Å². The number of carbonyl (C=O) groups is 1. The van der Waals surface area contributed by atoms with Gasteiger partial charge in [0.1, 0.15) is 11.0 Å². The highest BCUT2D eigenvalue weighted by Crippen LogP contribution is 2.30. The first-order valence-electron chi connectivity index (χ1n) is 11.9. The van der Waals surface area contributed by atoms with Crippen LogP contribution in [0.15, 0.2) is 43.0 Å². The van der Waals surface area contributed by atoms with Gasteiger partial charge in [0.25, 0.3) is 5.91 Å². The Hall–Kier alpha value is -4.10. The van der Waals surface area contributed by atoms with Crippen molar-refractivity contribution in [2.45, 2.75) is 39.3 Å². The Balaban J connectivity index is 1.44. The summed E-state index contributed by atoms with van der Waals surface area (Å²) in [6.45, 7) is 8.40. The second-order valence-corrected chi connectivity index (χ2v) is 9.28. The van der Waals surface area contributed by atoms with Crippen molar-refractivity contribution in [2.75, 3.05) is 29.9 Å². The molecule has 0 saturated carbocycles. The summed E-state index contributed by atoms with van der Waals surface area (Å²) in [5.74, 6) is -0.913. The summed E-state index contributed by atoms with van der Waals surface area (Å²) >= 11 is 0. The molecule has 0 bridgehead atoms. The average Bonchev–Trinajstić information content (AvgIpc) is 3.23. The van der Waals surface area contributed by atoms with E-state index in [1.165, 1.54) is 6.07 Å². The van der Waals surface area contributed by atoms with Crippen molar-refractivity contribution in [2.24, 2.45) is 0 Å². The van der Waals surface area contributed by atoms with Gasteiger partial charge >= 0.3 is 0 Å². The maximum atomic E-state index is 14.5. The molecule has 1 aromatic carbocycles. The molecule has 0 spiro atoms. The van der Waals surface area contributed by atoms with Crippen molar-refractivity contribution < 1.29 is 9.18 Å². The summed E-state index contributed by atoms with van der Waals surface area (Å²) in [7, 11) is 0. The van der Waals surface area contributed by atoms with Crippen LogP contribution in [0.2, 0.25) is 0 Å². The highest BCUT2D eigenvalue weighted by atomic mass is 19.1. The molecular formula is C26H27FN8O. The van der Waals surface area contributed by atoms with Crippen LogP contribution in [-0.2, 0) is 0 Å². The first-order valence-corrected chi connectivity index (χ1v) is 11.9. The molecule has 0 aliphatic carbocycles. The number of fused-ring (bicyclic) bond motifs is 2. The van der Waals surface area contributed by atoms with Crippen molar-refractivity contribution in [3.63, 3.8) is 0 Å². The number of imidazole rings is 1. The van der Waals surface area contributed by atoms with Crippen LogP contribution in [0.3, 0.4) is 0 Å². The Morgan fingerprint density at radius 1 is 1.17 bits per heavy atom. The fourth-order valence-corrected chi connectivity index (χ4v) is 5.10. The van der Waals surface area contributed by atoms with Crippen molar-refractivity contribution in [1.82, 2.24) is 24.3 Å². The third-order valence-electron chi connectivity index (χ3n) is 6.66. The number of amides is 1. The van der Waals surface area contributed by atoms with E-state index in [1.54, 1.807) is 42.2 Å². The average molecular weight is 487 g/mol. The molecule has 36 heavy (non-hydrogen) atoms. The minimum atomic E-state index is -0.516. The van der Waals surface area contributed by atoms with E-state index in [2.05, 4.69) is 50.0 Å². The Morgan fingerprint density at radius 2 is 1.89 bits per heavy atom. The number of halogens is 1. The van der Waals surface area contributed by atoms with E-state index in [0.29, 0.717) is 34.4 Å².